The molecule has 0 bridgehead atoms. The van der Waals surface area contributed by atoms with Crippen LogP contribution in [0.5, 0.6) is 0 Å². The molecule has 0 N–H and O–H groups in total. The van der Waals surface area contributed by atoms with Crippen molar-refractivity contribution in [3.63, 3.8) is 0 Å². The van der Waals surface area contributed by atoms with E-state index in [0.717, 1.165) is 12.8 Å². The second kappa shape index (κ2) is 13.2. The Balaban J connectivity index is 2.63. The lowest BCUT2D eigenvalue weighted by molar-refractivity contribution is -0.395. The lowest BCUT2D eigenvalue weighted by Crippen LogP contribution is -2.60. The van der Waals surface area contributed by atoms with Crippen LogP contribution in [0.4, 0.5) is 0 Å². The van der Waals surface area contributed by atoms with E-state index in [0.29, 0.717) is 37.9 Å². The highest BCUT2D eigenvalue weighted by Gasteiger charge is 2.48. The monoisotopic (exact) mass is 432 g/mol. The molecule has 0 aromatic heterocycles. The molecule has 0 radical (unpaired) electrons. The van der Waals surface area contributed by atoms with Gasteiger partial charge in [0.05, 0.1) is 0 Å². The SMILES string of the molecule is CCOC1(COC(=O)CCC(C)C)COC(COC(=O)CCC(C)C)(OCC)CO1. The molecule has 176 valence electrons. The normalized spacial score (nSPS) is 24.3. The van der Waals surface area contributed by atoms with Crippen LogP contribution < -0.4 is 0 Å². The van der Waals surface area contributed by atoms with Crippen molar-refractivity contribution >= 4 is 11.9 Å². The molecule has 1 heterocycles. The second-order valence-electron chi connectivity index (χ2n) is 8.45. The minimum absolute atomic E-state index is 0.0121. The van der Waals surface area contributed by atoms with Gasteiger partial charge >= 0.3 is 11.9 Å². The molecule has 1 rings (SSSR count). The van der Waals surface area contributed by atoms with E-state index in [1.54, 1.807) is 0 Å². The standard InChI is InChI=1S/C22H40O8/c1-7-27-21(13-25-19(23)11-9-17(3)4)15-30-22(16-29-21,28-8-2)14-26-20(24)12-10-18(5)6/h17-18H,7-16H2,1-6H3. The van der Waals surface area contributed by atoms with Gasteiger partial charge in [0.2, 0.25) is 11.6 Å². The van der Waals surface area contributed by atoms with Crippen molar-refractivity contribution in [2.75, 3.05) is 39.6 Å². The first kappa shape index (κ1) is 26.8. The molecule has 0 aromatic rings. The number of carbonyl (C=O) groups is 2. The molecule has 1 saturated heterocycles. The Bertz CT molecular complexity index is 463. The Labute approximate surface area is 180 Å². The maximum atomic E-state index is 12.0. The van der Waals surface area contributed by atoms with Crippen molar-refractivity contribution in [3.8, 4) is 0 Å². The average molecular weight is 433 g/mol. The van der Waals surface area contributed by atoms with Crippen LogP contribution in [0.15, 0.2) is 0 Å². The van der Waals surface area contributed by atoms with Gasteiger partial charge in [0.25, 0.3) is 0 Å². The molecule has 0 aliphatic carbocycles. The van der Waals surface area contributed by atoms with Crippen LogP contribution >= 0.6 is 0 Å². The smallest absolute Gasteiger partial charge is 0.305 e. The quantitative estimate of drug-likeness (QED) is 0.386. The maximum Gasteiger partial charge on any atom is 0.305 e. The summed E-state index contributed by atoms with van der Waals surface area (Å²) in [6.07, 6.45) is 2.20. The Morgan fingerprint density at radius 3 is 1.40 bits per heavy atom. The van der Waals surface area contributed by atoms with Gasteiger partial charge in [-0.05, 0) is 38.5 Å². The molecular formula is C22H40O8. The fourth-order valence-corrected chi connectivity index (χ4v) is 2.85. The van der Waals surface area contributed by atoms with Gasteiger partial charge in [0.1, 0.15) is 26.4 Å². The van der Waals surface area contributed by atoms with E-state index in [4.69, 9.17) is 28.4 Å². The molecule has 0 amide bonds. The molecule has 8 nitrogen and oxygen atoms in total. The molecule has 0 aromatic carbocycles. The fourth-order valence-electron chi connectivity index (χ4n) is 2.85. The largest absolute Gasteiger partial charge is 0.460 e. The average Bonchev–Trinajstić information content (AvgIpc) is 2.70. The van der Waals surface area contributed by atoms with Crippen LogP contribution in [-0.4, -0.2) is 63.2 Å². The lowest BCUT2D eigenvalue weighted by Gasteiger charge is -2.44. The molecule has 2 unspecified atom stereocenters. The number of ether oxygens (including phenoxy) is 6. The van der Waals surface area contributed by atoms with Crippen molar-refractivity contribution in [1.82, 2.24) is 0 Å². The summed E-state index contributed by atoms with van der Waals surface area (Å²) in [7, 11) is 0. The summed E-state index contributed by atoms with van der Waals surface area (Å²) in [4.78, 5) is 24.0. The first-order valence-electron chi connectivity index (χ1n) is 11.0. The van der Waals surface area contributed by atoms with E-state index in [1.807, 2.05) is 13.8 Å². The van der Waals surface area contributed by atoms with Gasteiger partial charge in [0.15, 0.2) is 0 Å². The summed E-state index contributed by atoms with van der Waals surface area (Å²) in [5, 5.41) is 0. The predicted molar refractivity (Wildman–Crippen MR) is 111 cm³/mol. The van der Waals surface area contributed by atoms with Crippen LogP contribution in [0.1, 0.15) is 67.2 Å². The van der Waals surface area contributed by atoms with E-state index < -0.39 is 11.6 Å². The minimum Gasteiger partial charge on any atom is -0.460 e. The highest BCUT2D eigenvalue weighted by atomic mass is 16.8. The van der Waals surface area contributed by atoms with Crippen LogP contribution in [0.2, 0.25) is 0 Å². The molecule has 1 aliphatic rings. The van der Waals surface area contributed by atoms with Gasteiger partial charge in [-0.1, -0.05) is 27.7 Å². The van der Waals surface area contributed by atoms with Crippen molar-refractivity contribution in [3.05, 3.63) is 0 Å². The fraction of sp³-hybridized carbons (Fsp3) is 0.909. The topological polar surface area (TPSA) is 89.5 Å². The molecular weight excluding hydrogens is 392 g/mol. The predicted octanol–water partition coefficient (Wildman–Crippen LogP) is 3.46. The zero-order valence-electron chi connectivity index (χ0n) is 19.5. The lowest BCUT2D eigenvalue weighted by atomic mass is 10.1. The van der Waals surface area contributed by atoms with Crippen LogP contribution in [0.25, 0.3) is 0 Å². The third kappa shape index (κ3) is 9.73. The van der Waals surface area contributed by atoms with Gasteiger partial charge in [-0.3, -0.25) is 9.59 Å². The molecule has 2 atom stereocenters. The molecule has 1 fully saturated rings. The Morgan fingerprint density at radius 2 is 1.13 bits per heavy atom. The van der Waals surface area contributed by atoms with Crippen molar-refractivity contribution in [2.24, 2.45) is 11.8 Å². The Hall–Kier alpha value is -1.22. The molecule has 8 heteroatoms. The van der Waals surface area contributed by atoms with Crippen molar-refractivity contribution < 1.29 is 38.0 Å². The van der Waals surface area contributed by atoms with E-state index in [1.165, 1.54) is 0 Å². The molecule has 0 saturated carbocycles. The summed E-state index contributed by atoms with van der Waals surface area (Å²) < 4.78 is 34.1. The number of rotatable bonds is 14. The number of carbonyl (C=O) groups excluding carboxylic acids is 2. The van der Waals surface area contributed by atoms with E-state index in [-0.39, 0.29) is 38.4 Å². The van der Waals surface area contributed by atoms with Gasteiger partial charge < -0.3 is 28.4 Å². The summed E-state index contributed by atoms with van der Waals surface area (Å²) in [6.45, 7) is 12.4. The van der Waals surface area contributed by atoms with Gasteiger partial charge in [-0.2, -0.15) is 0 Å². The summed E-state index contributed by atoms with van der Waals surface area (Å²) in [5.74, 6) is -2.17. The van der Waals surface area contributed by atoms with Gasteiger partial charge in [0, 0.05) is 26.1 Å². The maximum absolute atomic E-state index is 12.0. The number of hydrogen-bond donors (Lipinski definition) is 0. The van der Waals surface area contributed by atoms with E-state index in [2.05, 4.69) is 27.7 Å². The number of esters is 2. The van der Waals surface area contributed by atoms with Crippen LogP contribution in [0.3, 0.4) is 0 Å². The molecule has 30 heavy (non-hydrogen) atoms. The summed E-state index contributed by atoms with van der Waals surface area (Å²) in [5.41, 5.74) is 0. The Kier molecular flexibility index (Phi) is 11.8. The zero-order valence-corrected chi connectivity index (χ0v) is 19.5. The first-order chi connectivity index (χ1) is 14.2. The Morgan fingerprint density at radius 1 is 0.767 bits per heavy atom. The highest BCUT2D eigenvalue weighted by Crippen LogP contribution is 2.29. The van der Waals surface area contributed by atoms with Crippen molar-refractivity contribution in [1.29, 1.82) is 0 Å². The summed E-state index contributed by atoms with van der Waals surface area (Å²) in [6, 6.07) is 0. The minimum atomic E-state index is -1.20. The second-order valence-corrected chi connectivity index (χ2v) is 8.45. The number of hydrogen-bond acceptors (Lipinski definition) is 8. The van der Waals surface area contributed by atoms with Crippen LogP contribution in [-0.2, 0) is 38.0 Å². The third-order valence-electron chi connectivity index (χ3n) is 4.68. The molecule has 1 aliphatic heterocycles. The van der Waals surface area contributed by atoms with Gasteiger partial charge in [-0.25, -0.2) is 0 Å². The van der Waals surface area contributed by atoms with Crippen molar-refractivity contribution in [2.45, 2.75) is 78.8 Å². The zero-order chi connectivity index (χ0) is 22.6. The van der Waals surface area contributed by atoms with E-state index in [9.17, 15) is 9.59 Å². The highest BCUT2D eigenvalue weighted by molar-refractivity contribution is 5.69. The van der Waals surface area contributed by atoms with Crippen LogP contribution in [0, 0.1) is 11.8 Å². The molecule has 0 spiro atoms. The third-order valence-corrected chi connectivity index (χ3v) is 4.68. The summed E-state index contributed by atoms with van der Waals surface area (Å²) >= 11 is 0. The first-order valence-corrected chi connectivity index (χ1v) is 11.0. The van der Waals surface area contributed by atoms with Gasteiger partial charge in [-0.15, -0.1) is 0 Å². The van der Waals surface area contributed by atoms with E-state index >= 15 is 0 Å².